The van der Waals surface area contributed by atoms with Gasteiger partial charge in [-0.1, -0.05) is 12.1 Å². The summed E-state index contributed by atoms with van der Waals surface area (Å²) in [6, 6.07) is 5.67. The maximum Gasteiger partial charge on any atom is 0.231 e. The van der Waals surface area contributed by atoms with Crippen molar-refractivity contribution in [1.82, 2.24) is 9.80 Å². The zero-order valence-corrected chi connectivity index (χ0v) is 16.2. The van der Waals surface area contributed by atoms with E-state index in [4.69, 9.17) is 9.47 Å². The lowest BCUT2D eigenvalue weighted by Crippen LogP contribution is -2.34. The van der Waals surface area contributed by atoms with E-state index in [0.29, 0.717) is 0 Å². The SMILES string of the molecule is CN(C)CC(CN(C)C)C(=O)/C=C/c1ccc2c(c1)OCO2.Cl.Cl. The van der Waals surface area contributed by atoms with Gasteiger partial charge >= 0.3 is 0 Å². The summed E-state index contributed by atoms with van der Waals surface area (Å²) < 4.78 is 10.6. The number of carbonyl (C=O) groups is 1. The zero-order chi connectivity index (χ0) is 16.1. The summed E-state index contributed by atoms with van der Waals surface area (Å²) in [6.07, 6.45) is 3.50. The second-order valence-corrected chi connectivity index (χ2v) is 6.07. The number of ketones is 1. The highest BCUT2D eigenvalue weighted by atomic mass is 35.5. The number of rotatable bonds is 7. The third-order valence-corrected chi connectivity index (χ3v) is 3.41. The lowest BCUT2D eigenvalue weighted by atomic mass is 10.0. The minimum Gasteiger partial charge on any atom is -0.454 e. The van der Waals surface area contributed by atoms with Crippen molar-refractivity contribution in [3.05, 3.63) is 29.8 Å². The lowest BCUT2D eigenvalue weighted by molar-refractivity contribution is -0.119. The molecule has 0 fully saturated rings. The molecule has 0 atom stereocenters. The Balaban J connectivity index is 0.00000264. The molecule has 0 spiro atoms. The first kappa shape index (κ1) is 22.7. The molecule has 24 heavy (non-hydrogen) atoms. The fraction of sp³-hybridized carbons (Fsp3) is 0.471. The van der Waals surface area contributed by atoms with Crippen molar-refractivity contribution in [2.75, 3.05) is 48.1 Å². The number of benzene rings is 1. The summed E-state index contributed by atoms with van der Waals surface area (Å²) in [5, 5.41) is 0. The molecule has 1 aliphatic rings. The molecule has 0 saturated carbocycles. The van der Waals surface area contributed by atoms with Crippen LogP contribution in [0.5, 0.6) is 11.5 Å². The summed E-state index contributed by atoms with van der Waals surface area (Å²) >= 11 is 0. The fourth-order valence-corrected chi connectivity index (χ4v) is 2.45. The number of carbonyl (C=O) groups excluding carboxylic acids is 1. The fourth-order valence-electron chi connectivity index (χ4n) is 2.45. The highest BCUT2D eigenvalue weighted by Crippen LogP contribution is 2.32. The van der Waals surface area contributed by atoms with Crippen LogP contribution in [0.4, 0.5) is 0 Å². The van der Waals surface area contributed by atoms with Gasteiger partial charge in [-0.3, -0.25) is 4.79 Å². The molecule has 136 valence electrons. The number of allylic oxidation sites excluding steroid dienone is 1. The van der Waals surface area contributed by atoms with Gasteiger partial charge in [0.05, 0.1) is 0 Å². The summed E-state index contributed by atoms with van der Waals surface area (Å²) in [5.74, 6) is 1.59. The van der Waals surface area contributed by atoms with Gasteiger partial charge in [-0.25, -0.2) is 0 Å². The molecule has 0 unspecified atom stereocenters. The molecule has 2 rings (SSSR count). The van der Waals surface area contributed by atoms with Gasteiger partial charge in [-0.15, -0.1) is 24.8 Å². The van der Waals surface area contributed by atoms with E-state index in [1.165, 1.54) is 0 Å². The van der Waals surface area contributed by atoms with Gasteiger partial charge in [0.15, 0.2) is 17.3 Å². The highest BCUT2D eigenvalue weighted by molar-refractivity contribution is 5.95. The van der Waals surface area contributed by atoms with Crippen molar-refractivity contribution < 1.29 is 14.3 Å². The minimum absolute atomic E-state index is 0. The Bertz CT molecular complexity index is 553. The van der Waals surface area contributed by atoms with E-state index in [1.807, 2.05) is 62.3 Å². The summed E-state index contributed by atoms with van der Waals surface area (Å²) in [4.78, 5) is 16.5. The zero-order valence-electron chi connectivity index (χ0n) is 14.5. The maximum absolute atomic E-state index is 12.4. The van der Waals surface area contributed by atoms with Crippen molar-refractivity contribution >= 4 is 36.7 Å². The normalized spacial score (nSPS) is 12.6. The topological polar surface area (TPSA) is 42.0 Å². The Morgan fingerprint density at radius 2 is 1.67 bits per heavy atom. The number of nitrogens with zero attached hydrogens (tertiary/aromatic N) is 2. The summed E-state index contributed by atoms with van der Waals surface area (Å²) in [6.45, 7) is 1.74. The second kappa shape index (κ2) is 10.6. The lowest BCUT2D eigenvalue weighted by Gasteiger charge is -2.22. The van der Waals surface area contributed by atoms with Crippen LogP contribution < -0.4 is 9.47 Å². The first-order chi connectivity index (χ1) is 10.5. The van der Waals surface area contributed by atoms with E-state index in [9.17, 15) is 4.79 Å². The third-order valence-electron chi connectivity index (χ3n) is 3.41. The van der Waals surface area contributed by atoms with Gasteiger partial charge in [-0.2, -0.15) is 0 Å². The van der Waals surface area contributed by atoms with E-state index in [1.54, 1.807) is 6.08 Å². The van der Waals surface area contributed by atoms with Gasteiger partial charge in [-0.05, 0) is 52.0 Å². The van der Waals surface area contributed by atoms with E-state index in [0.717, 1.165) is 30.2 Å². The van der Waals surface area contributed by atoms with E-state index < -0.39 is 0 Å². The van der Waals surface area contributed by atoms with E-state index in [-0.39, 0.29) is 43.3 Å². The molecule has 0 aromatic heterocycles. The Morgan fingerprint density at radius 1 is 1.08 bits per heavy atom. The quantitative estimate of drug-likeness (QED) is 0.684. The van der Waals surface area contributed by atoms with Crippen molar-refractivity contribution in [3.8, 4) is 11.5 Å². The molecule has 0 radical (unpaired) electrons. The number of hydrogen-bond donors (Lipinski definition) is 0. The molecule has 7 heteroatoms. The van der Waals surface area contributed by atoms with Crippen LogP contribution >= 0.6 is 24.8 Å². The van der Waals surface area contributed by atoms with E-state index >= 15 is 0 Å². The van der Waals surface area contributed by atoms with Crippen LogP contribution in [0.15, 0.2) is 24.3 Å². The number of hydrogen-bond acceptors (Lipinski definition) is 5. The molecule has 5 nitrogen and oxygen atoms in total. The number of fused-ring (bicyclic) bond motifs is 1. The van der Waals surface area contributed by atoms with Crippen LogP contribution in [-0.2, 0) is 4.79 Å². The Morgan fingerprint density at radius 3 is 2.25 bits per heavy atom. The highest BCUT2D eigenvalue weighted by Gasteiger charge is 2.18. The van der Waals surface area contributed by atoms with Gasteiger partial charge < -0.3 is 19.3 Å². The molecular formula is C17H26Cl2N2O3. The average Bonchev–Trinajstić information content (AvgIpc) is 2.90. The first-order valence-corrected chi connectivity index (χ1v) is 7.36. The van der Waals surface area contributed by atoms with Gasteiger partial charge in [0.25, 0.3) is 0 Å². The molecule has 0 saturated heterocycles. The Kier molecular flexibility index (Phi) is 10.0. The van der Waals surface area contributed by atoms with Crippen LogP contribution in [-0.4, -0.2) is 63.7 Å². The summed E-state index contributed by atoms with van der Waals surface area (Å²) in [7, 11) is 7.93. The molecular weight excluding hydrogens is 351 g/mol. The predicted molar refractivity (Wildman–Crippen MR) is 102 cm³/mol. The molecule has 1 heterocycles. The Hall–Kier alpha value is -1.27. The number of ether oxygens (including phenoxy) is 2. The Labute approximate surface area is 156 Å². The molecule has 0 N–H and O–H groups in total. The van der Waals surface area contributed by atoms with Crippen molar-refractivity contribution in [2.24, 2.45) is 5.92 Å². The van der Waals surface area contributed by atoms with Crippen LogP contribution in [0.25, 0.3) is 6.08 Å². The molecule has 1 aliphatic heterocycles. The average molecular weight is 377 g/mol. The minimum atomic E-state index is -0.0322. The predicted octanol–water partition coefficient (Wildman–Crippen LogP) is 2.58. The molecule has 0 amide bonds. The van der Waals surface area contributed by atoms with E-state index in [2.05, 4.69) is 0 Å². The largest absolute Gasteiger partial charge is 0.454 e. The van der Waals surface area contributed by atoms with Crippen molar-refractivity contribution in [1.29, 1.82) is 0 Å². The van der Waals surface area contributed by atoms with Gasteiger partial charge in [0.2, 0.25) is 6.79 Å². The van der Waals surface area contributed by atoms with Crippen LogP contribution in [0.1, 0.15) is 5.56 Å². The van der Waals surface area contributed by atoms with Gasteiger partial charge in [0, 0.05) is 19.0 Å². The van der Waals surface area contributed by atoms with Crippen LogP contribution in [0.2, 0.25) is 0 Å². The van der Waals surface area contributed by atoms with Crippen LogP contribution in [0.3, 0.4) is 0 Å². The van der Waals surface area contributed by atoms with Crippen LogP contribution in [0, 0.1) is 5.92 Å². The standard InChI is InChI=1S/C17H24N2O3.2ClH/c1-18(2)10-14(11-19(3)4)15(20)7-5-13-6-8-16-17(9-13)22-12-21-16;;/h5-9,14H,10-12H2,1-4H3;2*1H/b7-5+;;. The smallest absolute Gasteiger partial charge is 0.231 e. The summed E-state index contributed by atoms with van der Waals surface area (Å²) in [5.41, 5.74) is 0.936. The maximum atomic E-state index is 12.4. The second-order valence-electron chi connectivity index (χ2n) is 6.07. The molecule has 0 bridgehead atoms. The van der Waals surface area contributed by atoms with Crippen molar-refractivity contribution in [3.63, 3.8) is 0 Å². The molecule has 1 aromatic rings. The third kappa shape index (κ3) is 6.69. The monoisotopic (exact) mass is 376 g/mol. The first-order valence-electron chi connectivity index (χ1n) is 7.36. The molecule has 1 aromatic carbocycles. The van der Waals surface area contributed by atoms with Crippen molar-refractivity contribution in [2.45, 2.75) is 0 Å². The number of halogens is 2. The van der Waals surface area contributed by atoms with Gasteiger partial charge in [0.1, 0.15) is 0 Å². The molecule has 0 aliphatic carbocycles.